The molecule has 0 fully saturated rings. The number of carbonyl (C=O) groups excluding carboxylic acids is 1. The Morgan fingerprint density at radius 1 is 1.35 bits per heavy atom. The molecule has 0 radical (unpaired) electrons. The lowest BCUT2D eigenvalue weighted by atomic mass is 9.94. The fourth-order valence-electron chi connectivity index (χ4n) is 2.37. The smallest absolute Gasteiger partial charge is 0.224 e. The summed E-state index contributed by atoms with van der Waals surface area (Å²) >= 11 is 0. The van der Waals surface area contributed by atoms with Crippen LogP contribution in [0.2, 0.25) is 0 Å². The van der Waals surface area contributed by atoms with Crippen molar-refractivity contribution in [3.05, 3.63) is 29.6 Å². The first kappa shape index (κ1) is 16.6. The van der Waals surface area contributed by atoms with Crippen LogP contribution in [0.5, 0.6) is 0 Å². The van der Waals surface area contributed by atoms with Crippen LogP contribution in [0.25, 0.3) is 0 Å². The SMILES string of the molecule is CCCC(CCN)CCC(=O)Nc1cccc(F)c1C. The van der Waals surface area contributed by atoms with E-state index in [0.29, 0.717) is 30.1 Å². The number of nitrogens with one attached hydrogen (secondary N) is 1. The van der Waals surface area contributed by atoms with Gasteiger partial charge in [-0.05, 0) is 44.4 Å². The maximum absolute atomic E-state index is 13.4. The van der Waals surface area contributed by atoms with E-state index in [9.17, 15) is 9.18 Å². The van der Waals surface area contributed by atoms with Crippen LogP contribution in [0.1, 0.15) is 44.6 Å². The fraction of sp³-hybridized carbons (Fsp3) is 0.562. The molecule has 0 heterocycles. The Bertz CT molecular complexity index is 428. The topological polar surface area (TPSA) is 55.1 Å². The Morgan fingerprint density at radius 2 is 2.10 bits per heavy atom. The molecule has 112 valence electrons. The molecule has 1 rings (SSSR count). The average molecular weight is 280 g/mol. The first-order chi connectivity index (χ1) is 9.58. The van der Waals surface area contributed by atoms with Crippen LogP contribution in [0.15, 0.2) is 18.2 Å². The van der Waals surface area contributed by atoms with Crippen molar-refractivity contribution in [3.8, 4) is 0 Å². The molecule has 1 atom stereocenters. The first-order valence-electron chi connectivity index (χ1n) is 7.33. The summed E-state index contributed by atoms with van der Waals surface area (Å²) in [5.41, 5.74) is 6.62. The first-order valence-corrected chi connectivity index (χ1v) is 7.33. The lowest BCUT2D eigenvalue weighted by molar-refractivity contribution is -0.116. The van der Waals surface area contributed by atoms with Gasteiger partial charge in [-0.15, -0.1) is 0 Å². The molecule has 0 spiro atoms. The van der Waals surface area contributed by atoms with Gasteiger partial charge in [0.15, 0.2) is 0 Å². The molecule has 0 bridgehead atoms. The second-order valence-corrected chi connectivity index (χ2v) is 5.23. The molecule has 20 heavy (non-hydrogen) atoms. The highest BCUT2D eigenvalue weighted by Gasteiger charge is 2.11. The van der Waals surface area contributed by atoms with Gasteiger partial charge in [-0.1, -0.05) is 25.8 Å². The summed E-state index contributed by atoms with van der Waals surface area (Å²) < 4.78 is 13.4. The van der Waals surface area contributed by atoms with Gasteiger partial charge in [0.25, 0.3) is 0 Å². The summed E-state index contributed by atoms with van der Waals surface area (Å²) in [7, 11) is 0. The van der Waals surface area contributed by atoms with Gasteiger partial charge >= 0.3 is 0 Å². The Labute approximate surface area is 120 Å². The van der Waals surface area contributed by atoms with E-state index >= 15 is 0 Å². The van der Waals surface area contributed by atoms with E-state index in [0.717, 1.165) is 25.7 Å². The van der Waals surface area contributed by atoms with E-state index in [-0.39, 0.29) is 11.7 Å². The van der Waals surface area contributed by atoms with Gasteiger partial charge in [-0.25, -0.2) is 4.39 Å². The number of nitrogens with two attached hydrogens (primary N) is 1. The molecular formula is C16H25FN2O. The van der Waals surface area contributed by atoms with Crippen molar-refractivity contribution in [1.29, 1.82) is 0 Å². The summed E-state index contributed by atoms with van der Waals surface area (Å²) in [6, 6.07) is 4.72. The van der Waals surface area contributed by atoms with Crippen molar-refractivity contribution in [2.24, 2.45) is 11.7 Å². The van der Waals surface area contributed by atoms with Gasteiger partial charge < -0.3 is 11.1 Å². The number of carbonyl (C=O) groups is 1. The maximum atomic E-state index is 13.4. The van der Waals surface area contributed by atoms with Crippen LogP contribution >= 0.6 is 0 Å². The number of anilines is 1. The van der Waals surface area contributed by atoms with Crippen molar-refractivity contribution in [1.82, 2.24) is 0 Å². The molecule has 1 amide bonds. The molecule has 4 heteroatoms. The zero-order chi connectivity index (χ0) is 15.0. The molecule has 1 aromatic rings. The minimum Gasteiger partial charge on any atom is -0.330 e. The zero-order valence-electron chi connectivity index (χ0n) is 12.4. The lowest BCUT2D eigenvalue weighted by Gasteiger charge is -2.15. The number of benzene rings is 1. The van der Waals surface area contributed by atoms with Crippen LogP contribution in [0, 0.1) is 18.7 Å². The molecule has 3 nitrogen and oxygen atoms in total. The third-order valence-electron chi connectivity index (χ3n) is 3.59. The predicted octanol–water partition coefficient (Wildman–Crippen LogP) is 3.62. The number of hydrogen-bond donors (Lipinski definition) is 2. The molecule has 1 unspecified atom stereocenters. The molecule has 1 aromatic carbocycles. The predicted molar refractivity (Wildman–Crippen MR) is 81.1 cm³/mol. The summed E-state index contributed by atoms with van der Waals surface area (Å²) in [6.07, 6.45) is 4.46. The quantitative estimate of drug-likeness (QED) is 0.764. The highest BCUT2D eigenvalue weighted by molar-refractivity contribution is 5.91. The average Bonchev–Trinajstić information content (AvgIpc) is 2.42. The van der Waals surface area contributed by atoms with Crippen LogP contribution in [-0.4, -0.2) is 12.5 Å². The van der Waals surface area contributed by atoms with Crippen molar-refractivity contribution in [2.45, 2.75) is 46.0 Å². The Hall–Kier alpha value is -1.42. The lowest BCUT2D eigenvalue weighted by Crippen LogP contribution is -2.16. The third-order valence-corrected chi connectivity index (χ3v) is 3.59. The highest BCUT2D eigenvalue weighted by Crippen LogP contribution is 2.20. The van der Waals surface area contributed by atoms with Crippen molar-refractivity contribution in [2.75, 3.05) is 11.9 Å². The largest absolute Gasteiger partial charge is 0.330 e. The van der Waals surface area contributed by atoms with E-state index in [1.807, 2.05) is 0 Å². The Balaban J connectivity index is 2.48. The summed E-state index contributed by atoms with van der Waals surface area (Å²) in [5.74, 6) is 0.149. The molecule has 0 saturated carbocycles. The number of amides is 1. The van der Waals surface area contributed by atoms with Crippen LogP contribution in [0.3, 0.4) is 0 Å². The Morgan fingerprint density at radius 3 is 2.75 bits per heavy atom. The van der Waals surface area contributed by atoms with Gasteiger partial charge in [0, 0.05) is 17.7 Å². The standard InChI is InChI=1S/C16H25FN2O/c1-3-5-13(10-11-18)8-9-16(20)19-15-7-4-6-14(17)12(15)2/h4,6-7,13H,3,5,8-11,18H2,1-2H3,(H,19,20). The van der Waals surface area contributed by atoms with Crippen molar-refractivity contribution >= 4 is 11.6 Å². The molecule has 0 aliphatic carbocycles. The third kappa shape index (κ3) is 5.29. The molecule has 3 N–H and O–H groups in total. The monoisotopic (exact) mass is 280 g/mol. The second-order valence-electron chi connectivity index (χ2n) is 5.23. The number of halogens is 1. The van der Waals surface area contributed by atoms with E-state index in [1.54, 1.807) is 19.1 Å². The van der Waals surface area contributed by atoms with Crippen LogP contribution in [-0.2, 0) is 4.79 Å². The highest BCUT2D eigenvalue weighted by atomic mass is 19.1. The number of hydrogen-bond acceptors (Lipinski definition) is 2. The second kappa shape index (κ2) is 8.69. The minimum absolute atomic E-state index is 0.0585. The molecule has 0 aliphatic heterocycles. The van der Waals surface area contributed by atoms with E-state index in [1.165, 1.54) is 6.07 Å². The van der Waals surface area contributed by atoms with Gasteiger partial charge in [0.2, 0.25) is 5.91 Å². The van der Waals surface area contributed by atoms with E-state index in [4.69, 9.17) is 5.73 Å². The molecule has 0 saturated heterocycles. The fourth-order valence-corrected chi connectivity index (χ4v) is 2.37. The van der Waals surface area contributed by atoms with Crippen molar-refractivity contribution < 1.29 is 9.18 Å². The van der Waals surface area contributed by atoms with Gasteiger partial charge in [0.05, 0.1) is 0 Å². The Kier molecular flexibility index (Phi) is 7.23. The van der Waals surface area contributed by atoms with Crippen LogP contribution < -0.4 is 11.1 Å². The summed E-state index contributed by atoms with van der Waals surface area (Å²) in [4.78, 5) is 11.9. The maximum Gasteiger partial charge on any atom is 0.224 e. The van der Waals surface area contributed by atoms with Gasteiger partial charge in [0.1, 0.15) is 5.82 Å². The number of rotatable bonds is 8. The van der Waals surface area contributed by atoms with Crippen LogP contribution in [0.4, 0.5) is 10.1 Å². The molecule has 0 aromatic heterocycles. The van der Waals surface area contributed by atoms with Crippen molar-refractivity contribution in [3.63, 3.8) is 0 Å². The molecular weight excluding hydrogens is 255 g/mol. The van der Waals surface area contributed by atoms with E-state index < -0.39 is 0 Å². The normalized spacial score (nSPS) is 12.2. The minimum atomic E-state index is -0.296. The zero-order valence-corrected chi connectivity index (χ0v) is 12.4. The van der Waals surface area contributed by atoms with E-state index in [2.05, 4.69) is 12.2 Å². The van der Waals surface area contributed by atoms with Gasteiger partial charge in [-0.2, -0.15) is 0 Å². The molecule has 0 aliphatic rings. The summed E-state index contributed by atoms with van der Waals surface area (Å²) in [5, 5.41) is 2.78. The van der Waals surface area contributed by atoms with Gasteiger partial charge in [-0.3, -0.25) is 4.79 Å². The summed E-state index contributed by atoms with van der Waals surface area (Å²) in [6.45, 7) is 4.47.